The summed E-state index contributed by atoms with van der Waals surface area (Å²) in [6.07, 6.45) is -0.518. The lowest BCUT2D eigenvalue weighted by molar-refractivity contribution is 0.0540. The number of anilines is 1. The van der Waals surface area contributed by atoms with Crippen LogP contribution in [0.2, 0.25) is 0 Å². The maximum atomic E-state index is 14.4. The lowest BCUT2D eigenvalue weighted by atomic mass is 10.2. The average molecular weight is 648 g/mol. The number of hydrogen-bond donors (Lipinski definition) is 0. The minimum atomic E-state index is -3.97. The minimum Gasteiger partial charge on any atom is -0.490 e. The van der Waals surface area contributed by atoms with Crippen molar-refractivity contribution in [3.63, 3.8) is 0 Å². The highest BCUT2D eigenvalue weighted by Gasteiger charge is 2.30. The number of rotatable bonds is 11. The van der Waals surface area contributed by atoms with Crippen molar-refractivity contribution in [3.05, 3.63) is 90.1 Å². The van der Waals surface area contributed by atoms with Gasteiger partial charge < -0.3 is 14.4 Å². The van der Waals surface area contributed by atoms with E-state index < -0.39 is 21.7 Å². The molecule has 5 aromatic rings. The molecule has 0 unspecified atom stereocenters. The van der Waals surface area contributed by atoms with Crippen molar-refractivity contribution in [3.8, 4) is 5.75 Å². The molecular formula is C35H41N3O5S2. The second-order valence-electron chi connectivity index (χ2n) is 11.9. The van der Waals surface area contributed by atoms with Gasteiger partial charge in [0.05, 0.1) is 23.4 Å². The molecule has 0 amide bonds. The van der Waals surface area contributed by atoms with Crippen molar-refractivity contribution in [2.45, 2.75) is 57.9 Å². The number of sulfonamides is 1. The lowest BCUT2D eigenvalue weighted by Crippen LogP contribution is -2.30. The van der Waals surface area contributed by atoms with E-state index in [1.54, 1.807) is 18.2 Å². The summed E-state index contributed by atoms with van der Waals surface area (Å²) in [4.78, 5) is 15.7. The maximum Gasteiger partial charge on any atom is 0.419 e. The number of carbonyl (C=O) groups is 1. The number of ether oxygens (including phenoxy) is 2. The van der Waals surface area contributed by atoms with Crippen molar-refractivity contribution in [2.24, 2.45) is 0 Å². The SMILES string of the molecule is CCN(CC)CCOc1c(C)n(C(=O)OC(C)(C)C)c2ccc(N(Cc3ccccc3)S(=O)(=O)c3cc4ccccc4s3)cc12. The van der Waals surface area contributed by atoms with E-state index >= 15 is 0 Å². The minimum absolute atomic E-state index is 0.132. The zero-order valence-electron chi connectivity index (χ0n) is 26.7. The standard InChI is InChI=1S/C35H41N3O5S2/c1-7-36(8-2)20-21-42-33-25(3)38(34(39)43-35(4,5)6)30-19-18-28(23-29(30)33)37(24-26-14-10-9-11-15-26)45(40,41)32-22-27-16-12-13-17-31(27)44-32/h9-19,22-23H,7-8,20-21,24H2,1-6H3. The van der Waals surface area contributed by atoms with Gasteiger partial charge in [0.2, 0.25) is 0 Å². The van der Waals surface area contributed by atoms with Crippen LogP contribution in [0.4, 0.5) is 10.5 Å². The van der Waals surface area contributed by atoms with Gasteiger partial charge in [0, 0.05) is 16.6 Å². The predicted octanol–water partition coefficient (Wildman–Crippen LogP) is 8.06. The molecule has 0 radical (unpaired) electrons. The Bertz CT molecular complexity index is 1870. The van der Waals surface area contributed by atoms with Crippen LogP contribution in [0.15, 0.2) is 83.1 Å². The molecule has 10 heteroatoms. The van der Waals surface area contributed by atoms with Gasteiger partial charge >= 0.3 is 6.09 Å². The molecule has 0 aliphatic rings. The van der Waals surface area contributed by atoms with Crippen LogP contribution in [0.25, 0.3) is 21.0 Å². The van der Waals surface area contributed by atoms with Gasteiger partial charge in [-0.15, -0.1) is 11.3 Å². The molecule has 0 atom stereocenters. The molecule has 2 heterocycles. The Morgan fingerprint density at radius 1 is 0.933 bits per heavy atom. The van der Waals surface area contributed by atoms with Gasteiger partial charge in [0.25, 0.3) is 10.0 Å². The molecule has 0 fully saturated rings. The number of fused-ring (bicyclic) bond motifs is 2. The first-order valence-electron chi connectivity index (χ1n) is 15.2. The predicted molar refractivity (Wildman–Crippen MR) is 183 cm³/mol. The van der Waals surface area contributed by atoms with Gasteiger partial charge in [-0.1, -0.05) is 62.4 Å². The number of likely N-dealkylation sites (N-methyl/N-ethyl adjacent to an activating group) is 1. The summed E-state index contributed by atoms with van der Waals surface area (Å²) in [5.41, 5.74) is 1.80. The van der Waals surface area contributed by atoms with E-state index in [0.717, 1.165) is 28.7 Å². The van der Waals surface area contributed by atoms with Crippen LogP contribution >= 0.6 is 11.3 Å². The van der Waals surface area contributed by atoms with Crippen LogP contribution in [-0.4, -0.2) is 55.8 Å². The molecule has 0 aliphatic carbocycles. The summed E-state index contributed by atoms with van der Waals surface area (Å²) in [6, 6.07) is 24.2. The summed E-state index contributed by atoms with van der Waals surface area (Å²) in [6.45, 7) is 14.6. The number of hydrogen-bond acceptors (Lipinski definition) is 7. The van der Waals surface area contributed by atoms with Crippen molar-refractivity contribution in [2.75, 3.05) is 30.5 Å². The third kappa shape index (κ3) is 7.03. The van der Waals surface area contributed by atoms with Crippen LogP contribution in [0.3, 0.4) is 0 Å². The summed E-state index contributed by atoms with van der Waals surface area (Å²) in [5.74, 6) is 0.531. The molecule has 2 aromatic heterocycles. The molecule has 238 valence electrons. The second kappa shape index (κ2) is 13.2. The molecule has 8 nitrogen and oxygen atoms in total. The lowest BCUT2D eigenvalue weighted by Gasteiger charge is -2.24. The highest BCUT2D eigenvalue weighted by molar-refractivity contribution is 7.94. The molecular weight excluding hydrogens is 607 g/mol. The van der Waals surface area contributed by atoms with E-state index in [0.29, 0.717) is 41.2 Å². The average Bonchev–Trinajstić information content (AvgIpc) is 3.57. The first kappa shape index (κ1) is 32.5. The van der Waals surface area contributed by atoms with Crippen LogP contribution < -0.4 is 9.04 Å². The van der Waals surface area contributed by atoms with E-state index in [-0.39, 0.29) is 10.8 Å². The van der Waals surface area contributed by atoms with E-state index in [1.807, 2.05) is 88.4 Å². The van der Waals surface area contributed by atoms with Gasteiger partial charge in [0.1, 0.15) is 22.2 Å². The Morgan fingerprint density at radius 3 is 2.29 bits per heavy atom. The fraction of sp³-hybridized carbons (Fsp3) is 0.343. The van der Waals surface area contributed by atoms with E-state index in [4.69, 9.17) is 9.47 Å². The molecule has 45 heavy (non-hydrogen) atoms. The Kier molecular flexibility index (Phi) is 9.57. The zero-order valence-corrected chi connectivity index (χ0v) is 28.4. The Morgan fingerprint density at radius 2 is 1.62 bits per heavy atom. The third-order valence-corrected chi connectivity index (χ3v) is 11.0. The van der Waals surface area contributed by atoms with E-state index in [1.165, 1.54) is 20.2 Å². The summed E-state index contributed by atoms with van der Waals surface area (Å²) in [7, 11) is -3.97. The summed E-state index contributed by atoms with van der Waals surface area (Å²) < 4.78 is 45.0. The van der Waals surface area contributed by atoms with Crippen molar-refractivity contribution in [1.82, 2.24) is 9.47 Å². The van der Waals surface area contributed by atoms with Gasteiger partial charge in [-0.05, 0) is 82.1 Å². The Labute approximate surface area is 269 Å². The zero-order chi connectivity index (χ0) is 32.4. The van der Waals surface area contributed by atoms with Gasteiger partial charge in [-0.2, -0.15) is 0 Å². The molecule has 3 aromatic carbocycles. The van der Waals surface area contributed by atoms with Crippen LogP contribution in [0.5, 0.6) is 5.75 Å². The van der Waals surface area contributed by atoms with Crippen LogP contribution in [0, 0.1) is 6.92 Å². The quantitative estimate of drug-likeness (QED) is 0.144. The molecule has 0 bridgehead atoms. The normalized spacial score (nSPS) is 12.2. The number of aromatic nitrogens is 1. The van der Waals surface area contributed by atoms with Gasteiger partial charge in [0.15, 0.2) is 0 Å². The second-order valence-corrected chi connectivity index (χ2v) is 15.1. The highest BCUT2D eigenvalue weighted by atomic mass is 32.2. The van der Waals surface area contributed by atoms with E-state index in [2.05, 4.69) is 18.7 Å². The van der Waals surface area contributed by atoms with Crippen molar-refractivity contribution < 1.29 is 22.7 Å². The van der Waals surface area contributed by atoms with Gasteiger partial charge in [-0.25, -0.2) is 17.8 Å². The third-order valence-electron chi connectivity index (χ3n) is 7.66. The first-order valence-corrected chi connectivity index (χ1v) is 17.5. The molecule has 5 rings (SSSR count). The largest absolute Gasteiger partial charge is 0.490 e. The fourth-order valence-corrected chi connectivity index (χ4v) is 8.29. The van der Waals surface area contributed by atoms with E-state index in [9.17, 15) is 13.2 Å². The molecule has 0 N–H and O–H groups in total. The molecule has 0 spiro atoms. The molecule has 0 saturated carbocycles. The topological polar surface area (TPSA) is 81.1 Å². The first-order chi connectivity index (χ1) is 21.4. The maximum absolute atomic E-state index is 14.4. The molecule has 0 aliphatic heterocycles. The number of carbonyl (C=O) groups excluding carboxylic acids is 1. The monoisotopic (exact) mass is 647 g/mol. The summed E-state index contributed by atoms with van der Waals surface area (Å²) in [5, 5.41) is 1.52. The smallest absolute Gasteiger partial charge is 0.419 e. The Balaban J connectivity index is 1.65. The number of benzene rings is 3. The van der Waals surface area contributed by atoms with Crippen molar-refractivity contribution >= 4 is 54.1 Å². The number of nitrogens with zero attached hydrogens (tertiary/aromatic N) is 3. The van der Waals surface area contributed by atoms with Crippen molar-refractivity contribution in [1.29, 1.82) is 0 Å². The van der Waals surface area contributed by atoms with Crippen LogP contribution in [-0.2, 0) is 21.3 Å². The number of thiophene rings is 1. The molecule has 0 saturated heterocycles. The summed E-state index contributed by atoms with van der Waals surface area (Å²) >= 11 is 1.25. The van der Waals surface area contributed by atoms with Crippen LogP contribution in [0.1, 0.15) is 45.9 Å². The fourth-order valence-electron chi connectivity index (χ4n) is 5.33. The Hall–Kier alpha value is -3.86. The highest BCUT2D eigenvalue weighted by Crippen LogP contribution is 2.39. The van der Waals surface area contributed by atoms with Gasteiger partial charge in [-0.3, -0.25) is 4.31 Å².